The van der Waals surface area contributed by atoms with Crippen LogP contribution in [0.25, 0.3) is 5.69 Å². The molecule has 9 heteroatoms. The van der Waals surface area contributed by atoms with Crippen LogP contribution in [-0.2, 0) is 11.2 Å². The Morgan fingerprint density at radius 1 is 1.07 bits per heavy atom. The summed E-state index contributed by atoms with van der Waals surface area (Å²) in [6, 6.07) is 6.98. The van der Waals surface area contributed by atoms with Crippen molar-refractivity contribution in [1.29, 1.82) is 0 Å². The van der Waals surface area contributed by atoms with Gasteiger partial charge in [0.25, 0.3) is 11.8 Å². The topological polar surface area (TPSA) is 111 Å². The first-order chi connectivity index (χ1) is 13.5. The zero-order valence-electron chi connectivity index (χ0n) is 15.6. The summed E-state index contributed by atoms with van der Waals surface area (Å²) in [6.45, 7) is 0.825. The van der Waals surface area contributed by atoms with Crippen LogP contribution < -0.4 is 10.5 Å². The molecule has 2 aliphatic heterocycles. The molecule has 0 atom stereocenters. The number of primary amides is 1. The largest absolute Gasteiger partial charge is 0.497 e. The third-order valence-corrected chi connectivity index (χ3v) is 5.13. The smallest absolute Gasteiger partial charge is 0.291 e. The normalized spacial score (nSPS) is 16.9. The quantitative estimate of drug-likeness (QED) is 0.843. The molecule has 146 valence electrons. The van der Waals surface area contributed by atoms with Gasteiger partial charge in [-0.25, -0.2) is 9.69 Å². The maximum atomic E-state index is 13.3. The van der Waals surface area contributed by atoms with E-state index >= 15 is 0 Å². The molecule has 1 fully saturated rings. The van der Waals surface area contributed by atoms with Gasteiger partial charge in [0.05, 0.1) is 12.8 Å². The number of amides is 3. The maximum absolute atomic E-state index is 13.3. The summed E-state index contributed by atoms with van der Waals surface area (Å²) in [6.07, 6.45) is 2.52. The van der Waals surface area contributed by atoms with Gasteiger partial charge in [-0.05, 0) is 43.5 Å². The fourth-order valence-corrected chi connectivity index (χ4v) is 3.73. The van der Waals surface area contributed by atoms with E-state index < -0.39 is 5.91 Å². The first-order valence-corrected chi connectivity index (χ1v) is 9.19. The first-order valence-electron chi connectivity index (χ1n) is 9.19. The molecule has 2 aromatic rings. The average molecular weight is 383 g/mol. The summed E-state index contributed by atoms with van der Waals surface area (Å²) >= 11 is 0. The summed E-state index contributed by atoms with van der Waals surface area (Å²) in [4.78, 5) is 37.5. The second kappa shape index (κ2) is 6.99. The fraction of sp³-hybridized carbons (Fsp3) is 0.368. The van der Waals surface area contributed by atoms with Crippen molar-refractivity contribution < 1.29 is 19.1 Å². The van der Waals surface area contributed by atoms with Gasteiger partial charge in [0, 0.05) is 25.1 Å². The zero-order chi connectivity index (χ0) is 19.8. The van der Waals surface area contributed by atoms with Crippen molar-refractivity contribution >= 4 is 17.7 Å². The maximum Gasteiger partial charge on any atom is 0.291 e. The predicted octanol–water partition coefficient (Wildman–Crippen LogP) is 0.906. The van der Waals surface area contributed by atoms with Crippen LogP contribution in [-0.4, -0.2) is 57.7 Å². The van der Waals surface area contributed by atoms with Crippen LogP contribution in [0.1, 0.15) is 45.8 Å². The van der Waals surface area contributed by atoms with Gasteiger partial charge in [-0.2, -0.15) is 5.10 Å². The number of ether oxygens (including phenoxy) is 1. The van der Waals surface area contributed by atoms with Crippen molar-refractivity contribution in [3.63, 3.8) is 0 Å². The Labute approximate surface area is 161 Å². The number of hydrogen-bond donors (Lipinski definition) is 1. The van der Waals surface area contributed by atoms with Crippen molar-refractivity contribution in [3.8, 4) is 11.4 Å². The molecule has 0 saturated carbocycles. The monoisotopic (exact) mass is 383 g/mol. The second-order valence-corrected chi connectivity index (χ2v) is 6.80. The van der Waals surface area contributed by atoms with E-state index in [1.807, 2.05) is 0 Å². The SMILES string of the molecule is COc1ccc(-n2nc(C(N)=O)c3c2C(=O)N(N2CCCCC2=O)CC3)cc1. The number of methoxy groups -OCH3 is 1. The van der Waals surface area contributed by atoms with E-state index in [1.165, 1.54) is 14.7 Å². The highest BCUT2D eigenvalue weighted by Gasteiger charge is 2.38. The lowest BCUT2D eigenvalue weighted by atomic mass is 10.0. The lowest BCUT2D eigenvalue weighted by molar-refractivity contribution is -0.148. The van der Waals surface area contributed by atoms with Gasteiger partial charge in [0.2, 0.25) is 5.91 Å². The highest BCUT2D eigenvalue weighted by Crippen LogP contribution is 2.28. The third-order valence-electron chi connectivity index (χ3n) is 5.13. The van der Waals surface area contributed by atoms with E-state index in [4.69, 9.17) is 10.5 Å². The van der Waals surface area contributed by atoms with Gasteiger partial charge >= 0.3 is 0 Å². The van der Waals surface area contributed by atoms with E-state index in [1.54, 1.807) is 31.4 Å². The minimum Gasteiger partial charge on any atom is -0.497 e. The average Bonchev–Trinajstić information content (AvgIpc) is 3.10. The Morgan fingerprint density at radius 2 is 1.82 bits per heavy atom. The molecule has 2 aliphatic rings. The van der Waals surface area contributed by atoms with Crippen LogP contribution in [0.3, 0.4) is 0 Å². The number of aromatic nitrogens is 2. The van der Waals surface area contributed by atoms with Crippen molar-refractivity contribution in [2.24, 2.45) is 5.73 Å². The Bertz CT molecular complexity index is 950. The minimum atomic E-state index is -0.682. The van der Waals surface area contributed by atoms with Crippen LogP contribution in [0.2, 0.25) is 0 Å². The van der Waals surface area contributed by atoms with Crippen LogP contribution in [0.4, 0.5) is 0 Å². The molecule has 4 rings (SSSR count). The van der Waals surface area contributed by atoms with Crippen molar-refractivity contribution in [2.45, 2.75) is 25.7 Å². The standard InChI is InChI=1S/C19H21N5O4/c1-28-13-7-5-12(6-8-13)24-17-14(16(21-24)18(20)26)9-11-23(19(17)27)22-10-3-2-4-15(22)25/h5-8H,2-4,9-11H2,1H3,(H2,20,26). The molecule has 1 aromatic heterocycles. The van der Waals surface area contributed by atoms with E-state index in [-0.39, 0.29) is 23.2 Å². The molecule has 1 saturated heterocycles. The molecule has 0 radical (unpaired) electrons. The van der Waals surface area contributed by atoms with Gasteiger partial charge in [0.1, 0.15) is 11.4 Å². The highest BCUT2D eigenvalue weighted by atomic mass is 16.5. The number of hydrogen-bond acceptors (Lipinski definition) is 5. The minimum absolute atomic E-state index is 0.0614. The molecule has 9 nitrogen and oxygen atoms in total. The van der Waals surface area contributed by atoms with E-state index in [0.29, 0.717) is 42.9 Å². The molecular formula is C19H21N5O4. The summed E-state index contributed by atoms with van der Waals surface area (Å²) in [5.41, 5.74) is 6.97. The van der Waals surface area contributed by atoms with Gasteiger partial charge in [-0.15, -0.1) is 0 Å². The number of fused-ring (bicyclic) bond motifs is 1. The Balaban J connectivity index is 1.79. The van der Waals surface area contributed by atoms with E-state index in [0.717, 1.165) is 12.8 Å². The number of nitrogens with zero attached hydrogens (tertiary/aromatic N) is 4. The number of carbonyl (C=O) groups is 3. The molecule has 3 heterocycles. The van der Waals surface area contributed by atoms with Crippen LogP contribution >= 0.6 is 0 Å². The van der Waals surface area contributed by atoms with Gasteiger partial charge in [-0.3, -0.25) is 19.4 Å². The molecule has 0 bridgehead atoms. The molecule has 3 amide bonds. The Morgan fingerprint density at radius 3 is 2.46 bits per heavy atom. The number of piperidine rings is 1. The van der Waals surface area contributed by atoms with Crippen LogP contribution in [0, 0.1) is 0 Å². The molecule has 2 N–H and O–H groups in total. The Hall–Kier alpha value is -3.36. The number of hydrazine groups is 1. The number of rotatable bonds is 4. The molecule has 0 spiro atoms. The van der Waals surface area contributed by atoms with Crippen molar-refractivity contribution in [2.75, 3.05) is 20.2 Å². The summed E-state index contributed by atoms with van der Waals surface area (Å²) in [5, 5.41) is 7.30. The zero-order valence-corrected chi connectivity index (χ0v) is 15.6. The number of carbonyl (C=O) groups excluding carboxylic acids is 3. The summed E-state index contributed by atoms with van der Waals surface area (Å²) in [7, 11) is 1.56. The molecular weight excluding hydrogens is 362 g/mol. The number of nitrogens with two attached hydrogens (primary N) is 1. The van der Waals surface area contributed by atoms with E-state index in [2.05, 4.69) is 5.10 Å². The molecule has 0 aliphatic carbocycles. The molecule has 0 unspecified atom stereocenters. The van der Waals surface area contributed by atoms with E-state index in [9.17, 15) is 14.4 Å². The van der Waals surface area contributed by atoms with Crippen molar-refractivity contribution in [3.05, 3.63) is 41.2 Å². The fourth-order valence-electron chi connectivity index (χ4n) is 3.73. The third kappa shape index (κ3) is 2.88. The Kier molecular flexibility index (Phi) is 4.50. The number of benzene rings is 1. The lowest BCUT2D eigenvalue weighted by Gasteiger charge is -2.39. The molecule has 1 aromatic carbocycles. The van der Waals surface area contributed by atoms with Crippen LogP contribution in [0.5, 0.6) is 5.75 Å². The van der Waals surface area contributed by atoms with Gasteiger partial charge in [-0.1, -0.05) is 0 Å². The van der Waals surface area contributed by atoms with Gasteiger partial charge in [0.15, 0.2) is 5.69 Å². The lowest BCUT2D eigenvalue weighted by Crippen LogP contribution is -2.54. The molecule has 28 heavy (non-hydrogen) atoms. The second-order valence-electron chi connectivity index (χ2n) is 6.80. The van der Waals surface area contributed by atoms with Crippen LogP contribution in [0.15, 0.2) is 24.3 Å². The summed E-state index contributed by atoms with van der Waals surface area (Å²) < 4.78 is 6.60. The van der Waals surface area contributed by atoms with Crippen molar-refractivity contribution in [1.82, 2.24) is 19.8 Å². The summed E-state index contributed by atoms with van der Waals surface area (Å²) in [5.74, 6) is -0.438. The predicted molar refractivity (Wildman–Crippen MR) is 98.9 cm³/mol. The first kappa shape index (κ1) is 18.0. The highest BCUT2D eigenvalue weighted by molar-refractivity contribution is 6.01. The van der Waals surface area contributed by atoms with Gasteiger partial charge < -0.3 is 10.5 Å².